The molecule has 0 aliphatic rings. The summed E-state index contributed by atoms with van der Waals surface area (Å²) < 4.78 is 15.9. The van der Waals surface area contributed by atoms with E-state index in [-0.39, 0.29) is 11.8 Å². The van der Waals surface area contributed by atoms with E-state index >= 15 is 0 Å². The first-order chi connectivity index (χ1) is 10.5. The van der Waals surface area contributed by atoms with Crippen LogP contribution >= 0.6 is 0 Å². The zero-order valence-electron chi connectivity index (χ0n) is 14.0. The average molecular weight is 318 g/mol. The van der Waals surface area contributed by atoms with Crippen molar-refractivity contribution in [2.45, 2.75) is 27.2 Å². The molecule has 0 rings (SSSR count). The molecule has 0 saturated carbocycles. The van der Waals surface area contributed by atoms with Gasteiger partial charge in [-0.25, -0.2) is 0 Å². The number of hydrogen-bond acceptors (Lipinski definition) is 5. The van der Waals surface area contributed by atoms with Gasteiger partial charge in [-0.2, -0.15) is 0 Å². The molecule has 0 fully saturated rings. The lowest BCUT2D eigenvalue weighted by Crippen LogP contribution is -2.28. The maximum atomic E-state index is 11.3. The second kappa shape index (κ2) is 14.7. The third kappa shape index (κ3) is 16.9. The van der Waals surface area contributed by atoms with Crippen molar-refractivity contribution in [1.29, 1.82) is 0 Å². The molecule has 0 aliphatic carbocycles. The molecule has 0 aromatic carbocycles. The molecule has 0 bridgehead atoms. The molecule has 2 N–H and O–H groups in total. The first-order valence-corrected chi connectivity index (χ1v) is 7.76. The van der Waals surface area contributed by atoms with Crippen molar-refractivity contribution < 1.29 is 23.8 Å². The lowest BCUT2D eigenvalue weighted by atomic mass is 10.1. The first-order valence-electron chi connectivity index (χ1n) is 7.76. The Morgan fingerprint density at radius 2 is 1.27 bits per heavy atom. The van der Waals surface area contributed by atoms with Crippen LogP contribution in [0, 0.1) is 5.92 Å². The quantitative estimate of drug-likeness (QED) is 0.451. The van der Waals surface area contributed by atoms with Crippen LogP contribution in [0.25, 0.3) is 0 Å². The summed E-state index contributed by atoms with van der Waals surface area (Å²) in [5.41, 5.74) is 0. The first kappa shape index (κ1) is 20.8. The number of carbonyl (C=O) groups excluding carboxylic acids is 2. The third-order valence-electron chi connectivity index (χ3n) is 2.53. The highest BCUT2D eigenvalue weighted by molar-refractivity contribution is 5.76. The van der Waals surface area contributed by atoms with Gasteiger partial charge in [0, 0.05) is 26.4 Å². The fraction of sp³-hybridized carbons (Fsp3) is 0.867. The lowest BCUT2D eigenvalue weighted by molar-refractivity contribution is -0.122. The van der Waals surface area contributed by atoms with E-state index in [0.29, 0.717) is 65.1 Å². The normalized spacial score (nSPS) is 10.7. The van der Waals surface area contributed by atoms with E-state index in [9.17, 15) is 9.59 Å². The molecule has 0 saturated heterocycles. The van der Waals surface area contributed by atoms with Gasteiger partial charge in [0.15, 0.2) is 0 Å². The van der Waals surface area contributed by atoms with Crippen LogP contribution in [0.3, 0.4) is 0 Å². The van der Waals surface area contributed by atoms with E-state index in [2.05, 4.69) is 10.6 Å². The number of hydrogen-bond donors (Lipinski definition) is 2. The lowest BCUT2D eigenvalue weighted by Gasteiger charge is -2.08. The van der Waals surface area contributed by atoms with Crippen LogP contribution in [-0.2, 0) is 23.8 Å². The summed E-state index contributed by atoms with van der Waals surface area (Å²) in [6.07, 6.45) is 0.547. The largest absolute Gasteiger partial charge is 0.377 e. The van der Waals surface area contributed by atoms with Gasteiger partial charge in [0.25, 0.3) is 0 Å². The summed E-state index contributed by atoms with van der Waals surface area (Å²) in [5.74, 6) is 0.374. The molecule has 0 atom stereocenters. The Bertz CT molecular complexity index is 298. The maximum Gasteiger partial charge on any atom is 0.220 e. The summed E-state index contributed by atoms with van der Waals surface area (Å²) in [6.45, 7) is 9.47. The zero-order chi connectivity index (χ0) is 16.6. The number of amides is 2. The minimum absolute atomic E-state index is 0.0580. The Labute approximate surface area is 133 Å². The van der Waals surface area contributed by atoms with Crippen LogP contribution in [0.15, 0.2) is 0 Å². The topological polar surface area (TPSA) is 85.9 Å². The van der Waals surface area contributed by atoms with Crippen LogP contribution in [0.5, 0.6) is 0 Å². The fourth-order valence-electron chi connectivity index (χ4n) is 1.55. The standard InChI is InChI=1S/C15H30N2O5/c1-13(2)12-15(19)17-5-7-21-9-11-22-10-8-20-6-4-16-14(3)18/h13H,4-12H2,1-3H3,(H,16,18)(H,17,19). The fourth-order valence-corrected chi connectivity index (χ4v) is 1.55. The van der Waals surface area contributed by atoms with Crippen LogP contribution < -0.4 is 10.6 Å². The summed E-state index contributed by atoms with van der Waals surface area (Å²) in [7, 11) is 0. The highest BCUT2D eigenvalue weighted by Gasteiger charge is 2.03. The van der Waals surface area contributed by atoms with Gasteiger partial charge in [0.1, 0.15) is 0 Å². The smallest absolute Gasteiger partial charge is 0.220 e. The number of rotatable bonds is 14. The van der Waals surface area contributed by atoms with E-state index in [1.54, 1.807) is 0 Å². The zero-order valence-corrected chi connectivity index (χ0v) is 14.0. The Hall–Kier alpha value is -1.18. The molecule has 130 valence electrons. The molecular weight excluding hydrogens is 288 g/mol. The summed E-state index contributed by atoms with van der Waals surface area (Å²) in [5, 5.41) is 5.44. The molecule has 7 heteroatoms. The Morgan fingerprint density at radius 3 is 1.73 bits per heavy atom. The Balaban J connectivity index is 3.11. The van der Waals surface area contributed by atoms with E-state index < -0.39 is 0 Å². The molecule has 0 radical (unpaired) electrons. The van der Waals surface area contributed by atoms with Crippen molar-refractivity contribution in [2.24, 2.45) is 5.92 Å². The molecule has 0 aromatic rings. The molecular formula is C15H30N2O5. The molecule has 22 heavy (non-hydrogen) atoms. The highest BCUT2D eigenvalue weighted by atomic mass is 16.5. The predicted molar refractivity (Wildman–Crippen MR) is 83.6 cm³/mol. The van der Waals surface area contributed by atoms with Gasteiger partial charge >= 0.3 is 0 Å². The summed E-state index contributed by atoms with van der Waals surface area (Å²) >= 11 is 0. The van der Waals surface area contributed by atoms with Crippen LogP contribution in [0.2, 0.25) is 0 Å². The second-order valence-electron chi connectivity index (χ2n) is 5.27. The van der Waals surface area contributed by atoms with Gasteiger partial charge in [-0.3, -0.25) is 9.59 Å². The minimum atomic E-state index is -0.0580. The monoisotopic (exact) mass is 318 g/mol. The van der Waals surface area contributed by atoms with Crippen LogP contribution in [0.4, 0.5) is 0 Å². The molecule has 0 aliphatic heterocycles. The van der Waals surface area contributed by atoms with Gasteiger partial charge in [-0.15, -0.1) is 0 Å². The average Bonchev–Trinajstić information content (AvgIpc) is 2.42. The third-order valence-corrected chi connectivity index (χ3v) is 2.53. The van der Waals surface area contributed by atoms with Crippen molar-refractivity contribution in [3.63, 3.8) is 0 Å². The van der Waals surface area contributed by atoms with Crippen molar-refractivity contribution in [2.75, 3.05) is 52.7 Å². The van der Waals surface area contributed by atoms with E-state index in [1.807, 2.05) is 13.8 Å². The Kier molecular flexibility index (Phi) is 14.0. The van der Waals surface area contributed by atoms with Crippen molar-refractivity contribution in [3.05, 3.63) is 0 Å². The van der Waals surface area contributed by atoms with Gasteiger partial charge in [-0.05, 0) is 5.92 Å². The summed E-state index contributed by atoms with van der Waals surface area (Å²) in [6, 6.07) is 0. The van der Waals surface area contributed by atoms with Crippen molar-refractivity contribution >= 4 is 11.8 Å². The molecule has 0 spiro atoms. The highest BCUT2D eigenvalue weighted by Crippen LogP contribution is 1.97. The minimum Gasteiger partial charge on any atom is -0.377 e. The van der Waals surface area contributed by atoms with Gasteiger partial charge in [0.2, 0.25) is 11.8 Å². The molecule has 2 amide bonds. The van der Waals surface area contributed by atoms with E-state index in [4.69, 9.17) is 14.2 Å². The maximum absolute atomic E-state index is 11.3. The number of ether oxygens (including phenoxy) is 3. The van der Waals surface area contributed by atoms with Gasteiger partial charge in [-0.1, -0.05) is 13.8 Å². The number of carbonyl (C=O) groups is 2. The van der Waals surface area contributed by atoms with Gasteiger partial charge in [0.05, 0.1) is 39.6 Å². The predicted octanol–water partition coefficient (Wildman–Crippen LogP) is 0.335. The van der Waals surface area contributed by atoms with E-state index in [1.165, 1.54) is 6.92 Å². The molecule has 0 heterocycles. The van der Waals surface area contributed by atoms with Crippen LogP contribution in [-0.4, -0.2) is 64.5 Å². The Morgan fingerprint density at radius 1 is 0.818 bits per heavy atom. The molecule has 0 aromatic heterocycles. The van der Waals surface area contributed by atoms with E-state index in [0.717, 1.165) is 0 Å². The van der Waals surface area contributed by atoms with Crippen LogP contribution in [0.1, 0.15) is 27.2 Å². The number of nitrogens with one attached hydrogen (secondary N) is 2. The SMILES string of the molecule is CC(=O)NCCOCCOCCOCCNC(=O)CC(C)C. The second-order valence-corrected chi connectivity index (χ2v) is 5.27. The van der Waals surface area contributed by atoms with Crippen molar-refractivity contribution in [3.8, 4) is 0 Å². The van der Waals surface area contributed by atoms with Gasteiger partial charge < -0.3 is 24.8 Å². The van der Waals surface area contributed by atoms with Crippen molar-refractivity contribution in [1.82, 2.24) is 10.6 Å². The molecule has 0 unspecified atom stereocenters. The molecule has 7 nitrogen and oxygen atoms in total. The summed E-state index contributed by atoms with van der Waals surface area (Å²) in [4.78, 5) is 21.9.